The van der Waals surface area contributed by atoms with Crippen molar-refractivity contribution >= 4 is 9.84 Å². The molecule has 0 bridgehead atoms. The first kappa shape index (κ1) is 9.87. The smallest absolute Gasteiger partial charge is 0.153 e. The highest BCUT2D eigenvalue weighted by atomic mass is 32.2. The third-order valence-electron chi connectivity index (χ3n) is 1.53. The van der Waals surface area contributed by atoms with Gasteiger partial charge < -0.3 is 0 Å². The van der Waals surface area contributed by atoms with E-state index in [1.165, 1.54) is 6.26 Å². The summed E-state index contributed by atoms with van der Waals surface area (Å²) in [6.07, 6.45) is 1.20. The average Bonchev–Trinajstić information content (AvgIpc) is 1.61. The number of rotatable bonds is 3. The molecule has 10 heavy (non-hydrogen) atoms. The van der Waals surface area contributed by atoms with E-state index in [1.807, 2.05) is 0 Å². The normalized spacial score (nSPS) is 13.6. The standard InChI is InChI=1S/C5H14N2O2S/c1-5(2,4-7-6)10(3,8)9/h7H,4,6H2,1-3H3. The monoisotopic (exact) mass is 166 g/mol. The molecule has 0 aromatic carbocycles. The maximum atomic E-state index is 10.9. The van der Waals surface area contributed by atoms with Crippen LogP contribution in [-0.4, -0.2) is 26.0 Å². The summed E-state index contributed by atoms with van der Waals surface area (Å²) in [7, 11) is -3.01. The fourth-order valence-electron chi connectivity index (χ4n) is 0.377. The van der Waals surface area contributed by atoms with E-state index in [2.05, 4.69) is 5.43 Å². The molecule has 0 aliphatic heterocycles. The van der Waals surface area contributed by atoms with Gasteiger partial charge in [-0.1, -0.05) is 0 Å². The van der Waals surface area contributed by atoms with E-state index in [0.717, 1.165) is 0 Å². The Morgan fingerprint density at radius 3 is 2.00 bits per heavy atom. The molecule has 62 valence electrons. The zero-order valence-electron chi connectivity index (χ0n) is 6.51. The average molecular weight is 166 g/mol. The van der Waals surface area contributed by atoms with Crippen molar-refractivity contribution in [3.63, 3.8) is 0 Å². The minimum Gasteiger partial charge on any atom is -0.271 e. The summed E-state index contributed by atoms with van der Waals surface area (Å²) in [6, 6.07) is 0. The van der Waals surface area contributed by atoms with Crippen molar-refractivity contribution in [3.05, 3.63) is 0 Å². The van der Waals surface area contributed by atoms with Gasteiger partial charge in [-0.3, -0.25) is 11.3 Å². The van der Waals surface area contributed by atoms with E-state index in [0.29, 0.717) is 0 Å². The van der Waals surface area contributed by atoms with Gasteiger partial charge in [0.05, 0.1) is 4.75 Å². The molecule has 0 saturated heterocycles. The third kappa shape index (κ3) is 2.24. The molecule has 3 N–H and O–H groups in total. The minimum atomic E-state index is -3.01. The summed E-state index contributed by atoms with van der Waals surface area (Å²) in [6.45, 7) is 3.52. The quantitative estimate of drug-likeness (QED) is 0.428. The molecule has 0 atom stereocenters. The Balaban J connectivity index is 4.42. The summed E-state index contributed by atoms with van der Waals surface area (Å²) in [5.41, 5.74) is 2.34. The Hall–Kier alpha value is -0.130. The largest absolute Gasteiger partial charge is 0.271 e. The molecule has 0 heterocycles. The zero-order valence-corrected chi connectivity index (χ0v) is 7.33. The highest BCUT2D eigenvalue weighted by Gasteiger charge is 2.28. The minimum absolute atomic E-state index is 0.270. The first-order valence-electron chi connectivity index (χ1n) is 2.94. The maximum absolute atomic E-state index is 10.9. The summed E-state index contributed by atoms with van der Waals surface area (Å²) < 4.78 is 21.1. The highest BCUT2D eigenvalue weighted by Crippen LogP contribution is 2.12. The van der Waals surface area contributed by atoms with Crippen LogP contribution < -0.4 is 11.3 Å². The van der Waals surface area contributed by atoms with E-state index in [4.69, 9.17) is 5.84 Å². The second-order valence-electron chi connectivity index (χ2n) is 2.91. The Morgan fingerprint density at radius 2 is 1.90 bits per heavy atom. The molecular formula is C5H14N2O2S. The van der Waals surface area contributed by atoms with E-state index in [1.54, 1.807) is 13.8 Å². The van der Waals surface area contributed by atoms with Crippen molar-refractivity contribution in [2.75, 3.05) is 12.8 Å². The van der Waals surface area contributed by atoms with Crippen LogP contribution in [0.25, 0.3) is 0 Å². The molecule has 0 aromatic heterocycles. The van der Waals surface area contributed by atoms with Gasteiger partial charge in [-0.05, 0) is 13.8 Å². The molecule has 0 amide bonds. The van der Waals surface area contributed by atoms with Crippen LogP contribution in [0.4, 0.5) is 0 Å². The van der Waals surface area contributed by atoms with E-state index in [-0.39, 0.29) is 6.54 Å². The van der Waals surface area contributed by atoms with Gasteiger partial charge in [0.1, 0.15) is 0 Å². The maximum Gasteiger partial charge on any atom is 0.153 e. The Kier molecular flexibility index (Phi) is 2.82. The fraction of sp³-hybridized carbons (Fsp3) is 1.00. The van der Waals surface area contributed by atoms with E-state index < -0.39 is 14.6 Å². The van der Waals surface area contributed by atoms with Gasteiger partial charge in [0.25, 0.3) is 0 Å². The number of hydrogen-bond acceptors (Lipinski definition) is 4. The molecule has 0 aromatic rings. The van der Waals surface area contributed by atoms with Gasteiger partial charge in [-0.2, -0.15) is 0 Å². The molecule has 0 aliphatic rings. The van der Waals surface area contributed by atoms with Crippen LogP contribution in [0.15, 0.2) is 0 Å². The van der Waals surface area contributed by atoms with Gasteiger partial charge >= 0.3 is 0 Å². The molecule has 0 rings (SSSR count). The topological polar surface area (TPSA) is 72.2 Å². The molecule has 0 radical (unpaired) electrons. The number of hydrogen-bond donors (Lipinski definition) is 2. The van der Waals surface area contributed by atoms with Crippen molar-refractivity contribution in [1.29, 1.82) is 0 Å². The molecule has 5 heteroatoms. The van der Waals surface area contributed by atoms with Gasteiger partial charge in [0.15, 0.2) is 9.84 Å². The van der Waals surface area contributed by atoms with Crippen LogP contribution in [0.5, 0.6) is 0 Å². The first-order chi connectivity index (χ1) is 4.31. The van der Waals surface area contributed by atoms with Crippen molar-refractivity contribution < 1.29 is 8.42 Å². The van der Waals surface area contributed by atoms with Gasteiger partial charge in [0, 0.05) is 12.8 Å². The fourth-order valence-corrected chi connectivity index (χ4v) is 0.722. The number of hydrazine groups is 1. The number of nitrogens with two attached hydrogens (primary N) is 1. The first-order valence-corrected chi connectivity index (χ1v) is 4.83. The number of nitrogens with one attached hydrogen (secondary N) is 1. The van der Waals surface area contributed by atoms with Crippen LogP contribution in [0.1, 0.15) is 13.8 Å². The molecule has 0 unspecified atom stereocenters. The summed E-state index contributed by atoms with van der Waals surface area (Å²) >= 11 is 0. The molecule has 0 spiro atoms. The lowest BCUT2D eigenvalue weighted by Gasteiger charge is -2.20. The lowest BCUT2D eigenvalue weighted by molar-refractivity contribution is 0.528. The number of sulfone groups is 1. The van der Waals surface area contributed by atoms with Crippen molar-refractivity contribution in [2.45, 2.75) is 18.6 Å². The van der Waals surface area contributed by atoms with Crippen LogP contribution in [0.3, 0.4) is 0 Å². The van der Waals surface area contributed by atoms with Gasteiger partial charge in [-0.25, -0.2) is 8.42 Å². The second-order valence-corrected chi connectivity index (χ2v) is 5.56. The van der Waals surface area contributed by atoms with Crippen LogP contribution in [-0.2, 0) is 9.84 Å². The highest BCUT2D eigenvalue weighted by molar-refractivity contribution is 7.92. The molecule has 0 aliphatic carbocycles. The molecule has 4 nitrogen and oxygen atoms in total. The molecule has 0 fully saturated rings. The second kappa shape index (κ2) is 2.86. The SMILES string of the molecule is CC(C)(CNN)S(C)(=O)=O. The van der Waals surface area contributed by atoms with Gasteiger partial charge in [-0.15, -0.1) is 0 Å². The predicted molar refractivity (Wildman–Crippen MR) is 41.1 cm³/mol. The third-order valence-corrected chi connectivity index (χ3v) is 3.68. The van der Waals surface area contributed by atoms with Crippen molar-refractivity contribution in [2.24, 2.45) is 5.84 Å². The summed E-state index contributed by atoms with van der Waals surface area (Å²) in [4.78, 5) is 0. The van der Waals surface area contributed by atoms with Crippen molar-refractivity contribution in [3.8, 4) is 0 Å². The van der Waals surface area contributed by atoms with Crippen LogP contribution >= 0.6 is 0 Å². The lowest BCUT2D eigenvalue weighted by atomic mass is 10.2. The Bertz CT molecular complexity index is 196. The van der Waals surface area contributed by atoms with Gasteiger partial charge in [0.2, 0.25) is 0 Å². The Labute approximate surface area is 61.7 Å². The molecule has 0 saturated carbocycles. The van der Waals surface area contributed by atoms with E-state index in [9.17, 15) is 8.42 Å². The summed E-state index contributed by atoms with van der Waals surface area (Å²) in [5.74, 6) is 5.00. The van der Waals surface area contributed by atoms with Crippen LogP contribution in [0.2, 0.25) is 0 Å². The molecular weight excluding hydrogens is 152 g/mol. The summed E-state index contributed by atoms with van der Waals surface area (Å²) in [5, 5.41) is 0. The van der Waals surface area contributed by atoms with E-state index >= 15 is 0 Å². The lowest BCUT2D eigenvalue weighted by Crippen LogP contribution is -2.44. The van der Waals surface area contributed by atoms with Crippen LogP contribution in [0, 0.1) is 0 Å². The zero-order chi connectivity index (χ0) is 8.41. The Morgan fingerprint density at radius 1 is 1.50 bits per heavy atom. The predicted octanol–water partition coefficient (Wildman–Crippen LogP) is -0.727. The van der Waals surface area contributed by atoms with Crippen molar-refractivity contribution in [1.82, 2.24) is 5.43 Å².